The smallest absolute Gasteiger partial charge is 0.141 e. The molecule has 4 rings (SSSR count). The fourth-order valence-electron chi connectivity index (χ4n) is 6.03. The van der Waals surface area contributed by atoms with Crippen molar-refractivity contribution in [1.29, 1.82) is 0 Å². The van der Waals surface area contributed by atoms with Crippen molar-refractivity contribution < 1.29 is 4.84 Å². The molecule has 1 aliphatic heterocycles. The minimum Gasteiger partial charge on any atom is -0.391 e. The second-order valence-electron chi connectivity index (χ2n) is 9.89. The number of hydrogen-bond donors (Lipinski definition) is 1. The van der Waals surface area contributed by atoms with E-state index < -0.39 is 0 Å². The Morgan fingerprint density at radius 3 is 2.81 bits per heavy atom. The SMILES string of the molecule is CC(C)c1ccc2c(c1)CC[C@H]1[C@](C)(/C=N/O[C@@H]3CCNC3)CCC[C@]21C. The van der Waals surface area contributed by atoms with Crippen LogP contribution in [0.2, 0.25) is 0 Å². The van der Waals surface area contributed by atoms with Crippen molar-refractivity contribution in [3.63, 3.8) is 0 Å². The lowest BCUT2D eigenvalue weighted by molar-refractivity contribution is 0.0566. The van der Waals surface area contributed by atoms with Gasteiger partial charge in [-0.15, -0.1) is 0 Å². The molecule has 4 atom stereocenters. The van der Waals surface area contributed by atoms with E-state index in [-0.39, 0.29) is 16.9 Å². The molecular formula is C24H36N2O. The zero-order chi connectivity index (χ0) is 19.1. The minimum atomic E-state index is 0.132. The summed E-state index contributed by atoms with van der Waals surface area (Å²) in [6.07, 6.45) is 9.74. The highest BCUT2D eigenvalue weighted by atomic mass is 16.6. The summed E-state index contributed by atoms with van der Waals surface area (Å²) in [5.41, 5.74) is 5.07. The molecule has 0 spiro atoms. The highest BCUT2D eigenvalue weighted by Gasteiger charge is 2.51. The van der Waals surface area contributed by atoms with E-state index in [4.69, 9.17) is 4.84 Å². The van der Waals surface area contributed by atoms with Crippen molar-refractivity contribution in [1.82, 2.24) is 5.32 Å². The van der Waals surface area contributed by atoms with Gasteiger partial charge in [-0.05, 0) is 66.2 Å². The lowest BCUT2D eigenvalue weighted by Gasteiger charge is -2.54. The quantitative estimate of drug-likeness (QED) is 0.586. The van der Waals surface area contributed by atoms with Crippen LogP contribution in [0.15, 0.2) is 23.4 Å². The number of fused-ring (bicyclic) bond motifs is 3. The first-order valence-corrected chi connectivity index (χ1v) is 11.0. The maximum absolute atomic E-state index is 5.80. The van der Waals surface area contributed by atoms with Gasteiger partial charge in [-0.3, -0.25) is 0 Å². The monoisotopic (exact) mass is 368 g/mol. The van der Waals surface area contributed by atoms with Gasteiger partial charge in [0.05, 0.1) is 0 Å². The predicted octanol–water partition coefficient (Wildman–Crippen LogP) is 5.18. The standard InChI is InChI=1S/C24H36N2O/c1-17(2)18-6-8-21-19(14-18)7-9-22-23(3,11-5-12-24(21,22)4)16-26-27-20-10-13-25-15-20/h6,8,14,16-17,20,22,25H,5,7,9-13,15H2,1-4H3/b26-16+/t20-,22+,23+,24-/m1/s1. The van der Waals surface area contributed by atoms with Crippen LogP contribution in [-0.4, -0.2) is 25.4 Å². The van der Waals surface area contributed by atoms with Crippen LogP contribution in [0.25, 0.3) is 0 Å². The summed E-state index contributed by atoms with van der Waals surface area (Å²) in [6, 6.07) is 7.30. The molecule has 1 aromatic rings. The zero-order valence-electron chi connectivity index (χ0n) is 17.6. The fourth-order valence-corrected chi connectivity index (χ4v) is 6.03. The van der Waals surface area contributed by atoms with E-state index in [1.807, 2.05) is 0 Å². The van der Waals surface area contributed by atoms with Crippen LogP contribution in [0.5, 0.6) is 0 Å². The maximum Gasteiger partial charge on any atom is 0.141 e. The Kier molecular flexibility index (Phi) is 5.09. The lowest BCUT2D eigenvalue weighted by Crippen LogP contribution is -2.49. The Labute approximate surface area is 164 Å². The van der Waals surface area contributed by atoms with Crippen molar-refractivity contribution in [2.24, 2.45) is 16.5 Å². The van der Waals surface area contributed by atoms with Gasteiger partial charge in [0.25, 0.3) is 0 Å². The third-order valence-corrected chi connectivity index (χ3v) is 7.66. The Bertz CT molecular complexity index is 706. The first kappa shape index (κ1) is 19.0. The van der Waals surface area contributed by atoms with Crippen molar-refractivity contribution in [3.8, 4) is 0 Å². The molecule has 1 N–H and O–H groups in total. The Morgan fingerprint density at radius 2 is 2.07 bits per heavy atom. The fraction of sp³-hybridized carbons (Fsp3) is 0.708. The van der Waals surface area contributed by atoms with Gasteiger partial charge in [-0.1, -0.05) is 57.5 Å². The molecule has 0 aromatic heterocycles. The number of benzene rings is 1. The molecule has 0 bridgehead atoms. The average Bonchev–Trinajstić information content (AvgIpc) is 3.14. The van der Waals surface area contributed by atoms with Crippen molar-refractivity contribution in [3.05, 3.63) is 34.9 Å². The van der Waals surface area contributed by atoms with Gasteiger partial charge in [0, 0.05) is 24.6 Å². The van der Waals surface area contributed by atoms with Crippen LogP contribution in [-0.2, 0) is 16.7 Å². The Morgan fingerprint density at radius 1 is 1.22 bits per heavy atom. The van der Waals surface area contributed by atoms with Crippen molar-refractivity contribution >= 4 is 6.21 Å². The van der Waals surface area contributed by atoms with E-state index >= 15 is 0 Å². The summed E-state index contributed by atoms with van der Waals surface area (Å²) in [5, 5.41) is 7.85. The molecule has 1 saturated heterocycles. The van der Waals surface area contributed by atoms with E-state index in [9.17, 15) is 0 Å². The number of rotatable bonds is 4. The van der Waals surface area contributed by atoms with Gasteiger partial charge in [0.2, 0.25) is 0 Å². The molecule has 27 heavy (non-hydrogen) atoms. The number of oxime groups is 1. The molecule has 3 heteroatoms. The molecule has 2 aliphatic carbocycles. The maximum atomic E-state index is 5.80. The van der Waals surface area contributed by atoms with Gasteiger partial charge in [0.15, 0.2) is 0 Å². The third kappa shape index (κ3) is 3.44. The van der Waals surface area contributed by atoms with Crippen LogP contribution in [0.4, 0.5) is 0 Å². The van der Waals surface area contributed by atoms with E-state index in [1.54, 1.807) is 11.1 Å². The summed E-state index contributed by atoms with van der Waals surface area (Å²) < 4.78 is 0. The van der Waals surface area contributed by atoms with Gasteiger partial charge < -0.3 is 10.2 Å². The van der Waals surface area contributed by atoms with Crippen LogP contribution in [0.3, 0.4) is 0 Å². The molecule has 1 heterocycles. The Balaban J connectivity index is 1.59. The van der Waals surface area contributed by atoms with Gasteiger partial charge >= 0.3 is 0 Å². The Hall–Kier alpha value is -1.35. The number of nitrogens with zero attached hydrogens (tertiary/aromatic N) is 1. The molecule has 1 aromatic carbocycles. The summed E-state index contributed by atoms with van der Waals surface area (Å²) in [5.74, 6) is 1.25. The van der Waals surface area contributed by atoms with Crippen molar-refractivity contribution in [2.45, 2.75) is 83.7 Å². The van der Waals surface area contributed by atoms with E-state index in [0.29, 0.717) is 11.8 Å². The second kappa shape index (κ2) is 7.24. The minimum absolute atomic E-state index is 0.132. The molecule has 1 saturated carbocycles. The largest absolute Gasteiger partial charge is 0.391 e. The van der Waals surface area contributed by atoms with Gasteiger partial charge in [0.1, 0.15) is 6.10 Å². The van der Waals surface area contributed by atoms with Crippen molar-refractivity contribution in [2.75, 3.05) is 13.1 Å². The molecule has 3 nitrogen and oxygen atoms in total. The normalized spacial score (nSPS) is 36.0. The van der Waals surface area contributed by atoms with Crippen LogP contribution >= 0.6 is 0 Å². The first-order chi connectivity index (χ1) is 12.9. The molecular weight excluding hydrogens is 332 g/mol. The number of aryl methyl sites for hydroxylation is 1. The van der Waals surface area contributed by atoms with E-state index in [2.05, 4.69) is 62.6 Å². The average molecular weight is 369 g/mol. The lowest BCUT2D eigenvalue weighted by atomic mass is 9.50. The highest BCUT2D eigenvalue weighted by molar-refractivity contribution is 5.66. The second-order valence-corrected chi connectivity index (χ2v) is 9.89. The zero-order valence-corrected chi connectivity index (χ0v) is 17.6. The van der Waals surface area contributed by atoms with Gasteiger partial charge in [-0.25, -0.2) is 0 Å². The summed E-state index contributed by atoms with van der Waals surface area (Å²) in [6.45, 7) is 11.5. The highest BCUT2D eigenvalue weighted by Crippen LogP contribution is 2.56. The first-order valence-electron chi connectivity index (χ1n) is 11.0. The molecule has 148 valence electrons. The number of nitrogens with one attached hydrogen (secondary N) is 1. The summed E-state index contributed by atoms with van der Waals surface area (Å²) in [4.78, 5) is 5.80. The van der Waals surface area contributed by atoms with Crippen LogP contribution < -0.4 is 5.32 Å². The van der Waals surface area contributed by atoms with Gasteiger partial charge in [-0.2, -0.15) is 0 Å². The van der Waals surface area contributed by atoms with Crippen LogP contribution in [0, 0.1) is 11.3 Å². The van der Waals surface area contributed by atoms with E-state index in [0.717, 1.165) is 19.5 Å². The van der Waals surface area contributed by atoms with Crippen LogP contribution in [0.1, 0.15) is 82.4 Å². The van der Waals surface area contributed by atoms with E-state index in [1.165, 1.54) is 37.7 Å². The molecule has 0 radical (unpaired) electrons. The molecule has 2 fully saturated rings. The number of hydrogen-bond acceptors (Lipinski definition) is 3. The third-order valence-electron chi connectivity index (χ3n) is 7.66. The molecule has 0 amide bonds. The molecule has 0 unspecified atom stereocenters. The topological polar surface area (TPSA) is 33.6 Å². The molecule has 3 aliphatic rings. The summed E-state index contributed by atoms with van der Waals surface area (Å²) in [7, 11) is 0. The summed E-state index contributed by atoms with van der Waals surface area (Å²) >= 11 is 0. The predicted molar refractivity (Wildman–Crippen MR) is 113 cm³/mol.